The van der Waals surface area contributed by atoms with Gasteiger partial charge in [0, 0.05) is 26.2 Å². The molecular formula is C14H20O5. The summed E-state index contributed by atoms with van der Waals surface area (Å²) < 4.78 is 21.6. The maximum absolute atomic E-state index is 9.82. The number of hydrogen-bond donors (Lipinski definition) is 1. The van der Waals surface area contributed by atoms with E-state index in [1.165, 1.54) is 7.11 Å². The van der Waals surface area contributed by atoms with Crippen molar-refractivity contribution in [1.82, 2.24) is 0 Å². The van der Waals surface area contributed by atoms with Crippen LogP contribution in [-0.2, 0) is 18.9 Å². The maximum Gasteiger partial charge on any atom is 0.183 e. The van der Waals surface area contributed by atoms with Crippen molar-refractivity contribution in [2.45, 2.75) is 31.2 Å². The normalized spacial score (nSPS) is 29.1. The molecule has 0 amide bonds. The predicted octanol–water partition coefficient (Wildman–Crippen LogP) is 1.47. The van der Waals surface area contributed by atoms with Crippen LogP contribution in [0.1, 0.15) is 18.3 Å². The Bertz CT molecular complexity index is 369. The highest BCUT2D eigenvalue weighted by Gasteiger charge is 2.32. The minimum atomic E-state index is -0.683. The van der Waals surface area contributed by atoms with E-state index in [2.05, 4.69) is 0 Å². The lowest BCUT2D eigenvalue weighted by molar-refractivity contribution is -0.258. The summed E-state index contributed by atoms with van der Waals surface area (Å²) in [5.74, 6) is 0. The van der Waals surface area contributed by atoms with Gasteiger partial charge in [0.1, 0.15) is 6.10 Å². The molecule has 0 aliphatic carbocycles. The van der Waals surface area contributed by atoms with E-state index in [0.29, 0.717) is 13.0 Å². The van der Waals surface area contributed by atoms with Gasteiger partial charge in [0.25, 0.3) is 0 Å². The first-order valence-corrected chi connectivity index (χ1v) is 6.30. The van der Waals surface area contributed by atoms with Crippen molar-refractivity contribution in [2.24, 2.45) is 0 Å². The van der Waals surface area contributed by atoms with Gasteiger partial charge in [-0.2, -0.15) is 0 Å². The van der Waals surface area contributed by atoms with Gasteiger partial charge in [-0.05, 0) is 0 Å². The van der Waals surface area contributed by atoms with Crippen LogP contribution in [0.4, 0.5) is 0 Å². The summed E-state index contributed by atoms with van der Waals surface area (Å²) in [6, 6.07) is 9.67. The van der Waals surface area contributed by atoms with Gasteiger partial charge in [0.15, 0.2) is 12.6 Å². The molecule has 0 radical (unpaired) electrons. The van der Waals surface area contributed by atoms with E-state index in [1.807, 2.05) is 30.3 Å². The first-order valence-electron chi connectivity index (χ1n) is 6.30. The zero-order valence-electron chi connectivity index (χ0n) is 11.2. The molecule has 5 heteroatoms. The van der Waals surface area contributed by atoms with E-state index in [0.717, 1.165) is 5.56 Å². The Labute approximate surface area is 113 Å². The summed E-state index contributed by atoms with van der Waals surface area (Å²) in [6.45, 7) is 0.377. The van der Waals surface area contributed by atoms with Crippen LogP contribution in [0.5, 0.6) is 0 Å². The van der Waals surface area contributed by atoms with Crippen molar-refractivity contribution in [2.75, 3.05) is 20.8 Å². The molecule has 1 aromatic carbocycles. The van der Waals surface area contributed by atoms with Crippen LogP contribution in [-0.4, -0.2) is 44.4 Å². The third-order valence-electron chi connectivity index (χ3n) is 3.10. The molecule has 0 aromatic heterocycles. The molecule has 1 N–H and O–H groups in total. The van der Waals surface area contributed by atoms with Crippen LogP contribution < -0.4 is 0 Å². The summed E-state index contributed by atoms with van der Waals surface area (Å²) in [7, 11) is 3.10. The average molecular weight is 268 g/mol. The predicted molar refractivity (Wildman–Crippen MR) is 68.4 cm³/mol. The molecule has 1 aliphatic heterocycles. The van der Waals surface area contributed by atoms with Gasteiger partial charge in [-0.25, -0.2) is 0 Å². The monoisotopic (exact) mass is 268 g/mol. The van der Waals surface area contributed by atoms with Crippen molar-refractivity contribution in [3.05, 3.63) is 35.9 Å². The summed E-state index contributed by atoms with van der Waals surface area (Å²) in [6.07, 6.45) is -1.46. The standard InChI is InChI=1S/C14H20O5/c1-16-13(10-6-4-3-5-7-10)19-11-8-12(15)14(17-2)18-9-11/h3-7,11-15H,8-9H2,1-2H3. The van der Waals surface area contributed by atoms with Gasteiger partial charge < -0.3 is 24.1 Å². The van der Waals surface area contributed by atoms with Crippen molar-refractivity contribution in [3.63, 3.8) is 0 Å². The Kier molecular flexibility index (Phi) is 5.30. The van der Waals surface area contributed by atoms with Gasteiger partial charge >= 0.3 is 0 Å². The zero-order chi connectivity index (χ0) is 13.7. The van der Waals surface area contributed by atoms with Gasteiger partial charge in [-0.3, -0.25) is 0 Å². The lowest BCUT2D eigenvalue weighted by Gasteiger charge is -2.33. The van der Waals surface area contributed by atoms with E-state index in [9.17, 15) is 5.11 Å². The fraction of sp³-hybridized carbons (Fsp3) is 0.571. The number of rotatable bonds is 5. The molecule has 1 aliphatic rings. The quantitative estimate of drug-likeness (QED) is 0.820. The highest BCUT2D eigenvalue weighted by atomic mass is 16.7. The number of ether oxygens (including phenoxy) is 4. The molecule has 5 nitrogen and oxygen atoms in total. The summed E-state index contributed by atoms with van der Waals surface area (Å²) in [5, 5.41) is 9.82. The van der Waals surface area contributed by atoms with E-state index in [4.69, 9.17) is 18.9 Å². The molecule has 0 spiro atoms. The third-order valence-corrected chi connectivity index (χ3v) is 3.10. The Morgan fingerprint density at radius 3 is 2.58 bits per heavy atom. The lowest BCUT2D eigenvalue weighted by atomic mass is 10.1. The molecular weight excluding hydrogens is 248 g/mol. The van der Waals surface area contributed by atoms with Crippen LogP contribution in [0.3, 0.4) is 0 Å². The van der Waals surface area contributed by atoms with Crippen LogP contribution in [0.15, 0.2) is 30.3 Å². The van der Waals surface area contributed by atoms with E-state index in [1.54, 1.807) is 7.11 Å². The van der Waals surface area contributed by atoms with Gasteiger partial charge in [-0.1, -0.05) is 30.3 Å². The largest absolute Gasteiger partial charge is 0.388 e. The molecule has 1 saturated heterocycles. The van der Waals surface area contributed by atoms with Crippen LogP contribution in [0, 0.1) is 0 Å². The van der Waals surface area contributed by atoms with Crippen LogP contribution in [0.2, 0.25) is 0 Å². The second-order valence-electron chi connectivity index (χ2n) is 4.48. The van der Waals surface area contributed by atoms with Crippen molar-refractivity contribution in [1.29, 1.82) is 0 Å². The third kappa shape index (κ3) is 3.75. The fourth-order valence-electron chi connectivity index (χ4n) is 2.14. The fourth-order valence-corrected chi connectivity index (χ4v) is 2.14. The van der Waals surface area contributed by atoms with Crippen LogP contribution in [0.25, 0.3) is 0 Å². The van der Waals surface area contributed by atoms with Gasteiger partial charge in [-0.15, -0.1) is 0 Å². The molecule has 106 valence electrons. The molecule has 4 unspecified atom stereocenters. The minimum Gasteiger partial charge on any atom is -0.388 e. The first-order chi connectivity index (χ1) is 9.24. The Morgan fingerprint density at radius 1 is 1.26 bits per heavy atom. The number of aliphatic hydroxyl groups excluding tert-OH is 1. The lowest BCUT2D eigenvalue weighted by Crippen LogP contribution is -2.43. The van der Waals surface area contributed by atoms with Crippen LogP contribution >= 0.6 is 0 Å². The Balaban J connectivity index is 1.93. The topological polar surface area (TPSA) is 57.2 Å². The second-order valence-corrected chi connectivity index (χ2v) is 4.48. The number of aliphatic hydroxyl groups is 1. The summed E-state index contributed by atoms with van der Waals surface area (Å²) in [5.41, 5.74) is 0.938. The molecule has 1 fully saturated rings. The molecule has 1 aromatic rings. The SMILES string of the molecule is COC(OC1COC(OC)C(O)C1)c1ccccc1. The molecule has 1 heterocycles. The van der Waals surface area contributed by atoms with E-state index < -0.39 is 18.7 Å². The van der Waals surface area contributed by atoms with Crippen molar-refractivity contribution >= 4 is 0 Å². The second kappa shape index (κ2) is 6.98. The van der Waals surface area contributed by atoms with E-state index >= 15 is 0 Å². The minimum absolute atomic E-state index is 0.216. The highest BCUT2D eigenvalue weighted by Crippen LogP contribution is 2.25. The highest BCUT2D eigenvalue weighted by molar-refractivity contribution is 5.16. The molecule has 0 bridgehead atoms. The summed E-state index contributed by atoms with van der Waals surface area (Å²) >= 11 is 0. The average Bonchev–Trinajstić information content (AvgIpc) is 2.46. The smallest absolute Gasteiger partial charge is 0.183 e. The molecule has 0 saturated carbocycles. The zero-order valence-corrected chi connectivity index (χ0v) is 11.2. The van der Waals surface area contributed by atoms with E-state index in [-0.39, 0.29) is 6.10 Å². The number of hydrogen-bond acceptors (Lipinski definition) is 5. The Hall–Kier alpha value is -0.980. The van der Waals surface area contributed by atoms with Crippen molar-refractivity contribution in [3.8, 4) is 0 Å². The van der Waals surface area contributed by atoms with Gasteiger partial charge in [0.2, 0.25) is 0 Å². The number of methoxy groups -OCH3 is 2. The molecule has 4 atom stereocenters. The Morgan fingerprint density at radius 2 is 2.00 bits per heavy atom. The molecule has 2 rings (SSSR count). The maximum atomic E-state index is 9.82. The van der Waals surface area contributed by atoms with Gasteiger partial charge in [0.05, 0.1) is 12.7 Å². The first kappa shape index (κ1) is 14.4. The number of benzene rings is 1. The van der Waals surface area contributed by atoms with Crippen molar-refractivity contribution < 1.29 is 24.1 Å². The molecule has 19 heavy (non-hydrogen) atoms. The summed E-state index contributed by atoms with van der Waals surface area (Å²) in [4.78, 5) is 0.